The molecule has 0 aliphatic rings. The highest BCUT2D eigenvalue weighted by molar-refractivity contribution is 5.79. The number of ketones is 1. The fourth-order valence-electron chi connectivity index (χ4n) is 4.91. The van der Waals surface area contributed by atoms with E-state index in [4.69, 9.17) is 18.9 Å². The lowest BCUT2D eigenvalue weighted by atomic mass is 9.98. The highest BCUT2D eigenvalue weighted by Gasteiger charge is 2.12. The molecule has 0 aliphatic heterocycles. The maximum absolute atomic E-state index is 12.8. The van der Waals surface area contributed by atoms with E-state index < -0.39 is 0 Å². The van der Waals surface area contributed by atoms with E-state index in [1.807, 2.05) is 76.2 Å². The van der Waals surface area contributed by atoms with Crippen LogP contribution in [-0.4, -0.2) is 20.0 Å². The van der Waals surface area contributed by atoms with E-state index in [2.05, 4.69) is 24.3 Å². The van der Waals surface area contributed by atoms with E-state index in [9.17, 15) is 4.79 Å². The molecule has 40 heavy (non-hydrogen) atoms. The van der Waals surface area contributed by atoms with Gasteiger partial charge in [-0.3, -0.25) is 4.79 Å². The number of ether oxygens (including phenoxy) is 4. The van der Waals surface area contributed by atoms with Gasteiger partial charge in [0.2, 0.25) is 0 Å². The first-order valence-corrected chi connectivity index (χ1v) is 13.6. The van der Waals surface area contributed by atoms with Gasteiger partial charge in [0, 0.05) is 12.8 Å². The van der Waals surface area contributed by atoms with Crippen molar-refractivity contribution >= 4 is 5.78 Å². The Morgan fingerprint density at radius 2 is 0.825 bits per heavy atom. The van der Waals surface area contributed by atoms with Gasteiger partial charge in [0.05, 0.1) is 14.2 Å². The van der Waals surface area contributed by atoms with Crippen molar-refractivity contribution in [2.24, 2.45) is 0 Å². The summed E-state index contributed by atoms with van der Waals surface area (Å²) in [7, 11) is 3.29. The Balaban J connectivity index is 1.31. The molecule has 0 fully saturated rings. The molecule has 0 saturated carbocycles. The van der Waals surface area contributed by atoms with Crippen LogP contribution in [0.25, 0.3) is 0 Å². The summed E-state index contributed by atoms with van der Waals surface area (Å²) in [5, 5.41) is 0. The molecule has 0 N–H and O–H groups in total. The minimum Gasteiger partial charge on any atom is -0.497 e. The van der Waals surface area contributed by atoms with Crippen molar-refractivity contribution in [3.05, 3.63) is 106 Å². The van der Waals surface area contributed by atoms with Crippen LogP contribution in [0.3, 0.4) is 0 Å². The van der Waals surface area contributed by atoms with Gasteiger partial charge >= 0.3 is 0 Å². The second kappa shape index (κ2) is 13.2. The molecule has 5 heteroatoms. The predicted octanol–water partition coefficient (Wildman–Crippen LogP) is 8.66. The standard InChI is InChI=1S/C35H38O5/c1-23-19-27(20-24(2)34(23)39-32-15-11-30(37-5)12-16-32)7-9-29(36)10-8-28-21-25(3)35(26(4)22-28)40-33-17-13-31(38-6)14-18-33/h11-22H,7-10H2,1-6H3. The first kappa shape index (κ1) is 28.8. The summed E-state index contributed by atoms with van der Waals surface area (Å²) in [5.74, 6) is 5.09. The van der Waals surface area contributed by atoms with Crippen molar-refractivity contribution in [1.29, 1.82) is 0 Å². The molecule has 0 bridgehead atoms. The summed E-state index contributed by atoms with van der Waals surface area (Å²) in [6, 6.07) is 23.6. The van der Waals surface area contributed by atoms with Crippen LogP contribution in [0.4, 0.5) is 0 Å². The van der Waals surface area contributed by atoms with Crippen molar-refractivity contribution in [3.63, 3.8) is 0 Å². The molecule has 0 atom stereocenters. The fourth-order valence-corrected chi connectivity index (χ4v) is 4.91. The largest absolute Gasteiger partial charge is 0.497 e. The van der Waals surface area contributed by atoms with Gasteiger partial charge in [0.25, 0.3) is 0 Å². The Hall–Kier alpha value is -4.25. The summed E-state index contributed by atoms with van der Waals surface area (Å²) in [6.07, 6.45) is 2.48. The molecule has 208 valence electrons. The molecule has 0 unspecified atom stereocenters. The number of hydrogen-bond acceptors (Lipinski definition) is 5. The van der Waals surface area contributed by atoms with E-state index in [-0.39, 0.29) is 5.78 Å². The number of aryl methyl sites for hydroxylation is 6. The molecule has 4 rings (SSSR count). The highest BCUT2D eigenvalue weighted by Crippen LogP contribution is 2.32. The molecule has 0 aromatic heterocycles. The van der Waals surface area contributed by atoms with Crippen LogP contribution in [0.1, 0.15) is 46.2 Å². The van der Waals surface area contributed by atoms with E-state index in [1.54, 1.807) is 14.2 Å². The number of carbonyl (C=O) groups is 1. The van der Waals surface area contributed by atoms with Crippen molar-refractivity contribution in [2.75, 3.05) is 14.2 Å². The minimum absolute atomic E-state index is 0.266. The summed E-state index contributed by atoms with van der Waals surface area (Å²) in [5.41, 5.74) is 6.53. The molecule has 4 aromatic rings. The third-order valence-electron chi connectivity index (χ3n) is 6.98. The summed E-state index contributed by atoms with van der Waals surface area (Å²) < 4.78 is 22.7. The zero-order chi connectivity index (χ0) is 28.6. The summed E-state index contributed by atoms with van der Waals surface area (Å²) >= 11 is 0. The second-order valence-corrected chi connectivity index (χ2v) is 10.2. The topological polar surface area (TPSA) is 54.0 Å². The second-order valence-electron chi connectivity index (χ2n) is 10.2. The van der Waals surface area contributed by atoms with Gasteiger partial charge in [0.1, 0.15) is 40.3 Å². The molecule has 0 aliphatic carbocycles. The van der Waals surface area contributed by atoms with E-state index >= 15 is 0 Å². The molecule has 0 heterocycles. The minimum atomic E-state index is 0.266. The zero-order valence-electron chi connectivity index (χ0n) is 24.3. The lowest BCUT2D eigenvalue weighted by Gasteiger charge is -2.15. The molecular formula is C35H38O5. The van der Waals surface area contributed by atoms with Gasteiger partial charge in [-0.2, -0.15) is 0 Å². The zero-order valence-corrected chi connectivity index (χ0v) is 24.3. The van der Waals surface area contributed by atoms with Gasteiger partial charge in [0.15, 0.2) is 0 Å². The first-order valence-electron chi connectivity index (χ1n) is 13.6. The molecule has 4 aromatic carbocycles. The molecule has 0 spiro atoms. The number of rotatable bonds is 12. The maximum Gasteiger partial charge on any atom is 0.133 e. The van der Waals surface area contributed by atoms with E-state index in [0.29, 0.717) is 12.8 Å². The van der Waals surface area contributed by atoms with Crippen LogP contribution >= 0.6 is 0 Å². The van der Waals surface area contributed by atoms with E-state index in [1.165, 1.54) is 0 Å². The normalized spacial score (nSPS) is 10.8. The van der Waals surface area contributed by atoms with Crippen LogP contribution in [-0.2, 0) is 17.6 Å². The average Bonchev–Trinajstić information content (AvgIpc) is 2.95. The number of carbonyl (C=O) groups excluding carboxylic acids is 1. The van der Waals surface area contributed by atoms with Crippen molar-refractivity contribution < 1.29 is 23.7 Å². The first-order chi connectivity index (χ1) is 19.2. The summed E-state index contributed by atoms with van der Waals surface area (Å²) in [4.78, 5) is 12.8. The van der Waals surface area contributed by atoms with Crippen LogP contribution < -0.4 is 18.9 Å². The Morgan fingerprint density at radius 1 is 0.525 bits per heavy atom. The predicted molar refractivity (Wildman–Crippen MR) is 160 cm³/mol. The summed E-state index contributed by atoms with van der Waals surface area (Å²) in [6.45, 7) is 8.18. The van der Waals surface area contributed by atoms with E-state index in [0.717, 1.165) is 80.7 Å². The highest BCUT2D eigenvalue weighted by atomic mass is 16.5. The van der Waals surface area contributed by atoms with Gasteiger partial charge in [-0.05, 0) is 122 Å². The van der Waals surface area contributed by atoms with Crippen molar-refractivity contribution in [1.82, 2.24) is 0 Å². The third-order valence-corrected chi connectivity index (χ3v) is 6.98. The molecule has 0 radical (unpaired) electrons. The van der Waals surface area contributed by atoms with Gasteiger partial charge < -0.3 is 18.9 Å². The fraction of sp³-hybridized carbons (Fsp3) is 0.286. The van der Waals surface area contributed by atoms with Gasteiger partial charge in [-0.1, -0.05) is 24.3 Å². The third kappa shape index (κ3) is 7.44. The number of benzene rings is 4. The molecule has 5 nitrogen and oxygen atoms in total. The quantitative estimate of drug-likeness (QED) is 0.181. The lowest BCUT2D eigenvalue weighted by molar-refractivity contribution is -0.119. The number of methoxy groups -OCH3 is 2. The SMILES string of the molecule is COc1ccc(Oc2c(C)cc(CCC(=O)CCc3cc(C)c(Oc4ccc(OC)cc4)c(C)c3)cc2C)cc1. The van der Waals surface area contributed by atoms with Crippen LogP contribution in [0.15, 0.2) is 72.8 Å². The van der Waals surface area contributed by atoms with Crippen LogP contribution in [0, 0.1) is 27.7 Å². The maximum atomic E-state index is 12.8. The molecule has 0 amide bonds. The number of hydrogen-bond donors (Lipinski definition) is 0. The van der Waals surface area contributed by atoms with Crippen molar-refractivity contribution in [3.8, 4) is 34.5 Å². The van der Waals surface area contributed by atoms with Gasteiger partial charge in [-0.15, -0.1) is 0 Å². The van der Waals surface area contributed by atoms with Gasteiger partial charge in [-0.25, -0.2) is 0 Å². The Bertz CT molecular complexity index is 1300. The number of Topliss-reactive ketones (excluding diaryl/α,β-unsaturated/α-hetero) is 1. The Kier molecular flexibility index (Phi) is 9.49. The monoisotopic (exact) mass is 538 g/mol. The molecular weight excluding hydrogens is 500 g/mol. The van der Waals surface area contributed by atoms with Crippen LogP contribution in [0.5, 0.6) is 34.5 Å². The van der Waals surface area contributed by atoms with Crippen molar-refractivity contribution in [2.45, 2.75) is 53.4 Å². The lowest BCUT2D eigenvalue weighted by Crippen LogP contribution is -2.04. The van der Waals surface area contributed by atoms with Crippen LogP contribution in [0.2, 0.25) is 0 Å². The molecule has 0 saturated heterocycles. The average molecular weight is 539 g/mol. The smallest absolute Gasteiger partial charge is 0.133 e. The Labute approximate surface area is 237 Å². The Morgan fingerprint density at radius 3 is 1.12 bits per heavy atom.